The Hall–Kier alpha value is -2.25. The number of benzene rings is 2. The summed E-state index contributed by atoms with van der Waals surface area (Å²) in [6.07, 6.45) is 3.25. The van der Waals surface area contributed by atoms with Crippen LogP contribution in [0.1, 0.15) is 49.3 Å². The van der Waals surface area contributed by atoms with Gasteiger partial charge in [0.05, 0.1) is 0 Å². The standard InChI is InChI=1S/C23H24F2N2O2S/c1-2-21(29)27-23(30-22(26-27)18-14-17(24)11-12-20(18)25)16(7-5-13-28)10-9-15-6-3-4-8-19(15)23/h3-4,6,8,11-12,14,16,28H,2,5,7,9-10,13H2,1H3. The molecule has 30 heavy (non-hydrogen) atoms. The number of aliphatic hydroxyl groups excluding tert-OH is 1. The van der Waals surface area contributed by atoms with Gasteiger partial charge < -0.3 is 5.11 Å². The molecule has 7 heteroatoms. The number of fused-ring (bicyclic) bond motifs is 2. The molecule has 4 rings (SSSR count). The summed E-state index contributed by atoms with van der Waals surface area (Å²) in [6.45, 7) is 1.83. The zero-order valence-electron chi connectivity index (χ0n) is 16.8. The molecule has 2 aliphatic rings. The lowest BCUT2D eigenvalue weighted by Gasteiger charge is -2.46. The molecule has 1 heterocycles. The summed E-state index contributed by atoms with van der Waals surface area (Å²) < 4.78 is 28.5. The molecule has 0 radical (unpaired) electrons. The van der Waals surface area contributed by atoms with Gasteiger partial charge in [-0.2, -0.15) is 5.10 Å². The van der Waals surface area contributed by atoms with Gasteiger partial charge in [0.1, 0.15) is 21.5 Å². The number of halogens is 2. The number of aryl methyl sites for hydroxylation is 1. The predicted octanol–water partition coefficient (Wildman–Crippen LogP) is 4.80. The maximum Gasteiger partial charge on any atom is 0.244 e. The molecule has 0 fully saturated rings. The molecule has 1 aliphatic carbocycles. The molecule has 2 atom stereocenters. The van der Waals surface area contributed by atoms with Crippen molar-refractivity contribution in [1.29, 1.82) is 0 Å². The van der Waals surface area contributed by atoms with Crippen molar-refractivity contribution in [3.8, 4) is 0 Å². The Bertz CT molecular complexity index is 997. The van der Waals surface area contributed by atoms with Crippen LogP contribution in [0.25, 0.3) is 0 Å². The third-order valence-electron chi connectivity index (χ3n) is 5.88. The van der Waals surface area contributed by atoms with Gasteiger partial charge in [0.15, 0.2) is 0 Å². The van der Waals surface area contributed by atoms with E-state index in [2.05, 4.69) is 11.2 Å². The number of hydrazone groups is 1. The lowest BCUT2D eigenvalue weighted by atomic mass is 9.76. The van der Waals surface area contributed by atoms with E-state index in [9.17, 15) is 18.7 Å². The molecule has 2 aromatic rings. The molecule has 0 saturated carbocycles. The quantitative estimate of drug-likeness (QED) is 0.741. The highest BCUT2D eigenvalue weighted by atomic mass is 32.2. The molecule has 1 amide bonds. The SMILES string of the molecule is CCC(=O)N1N=C(c2cc(F)ccc2F)SC12c1ccccc1CCC2CCCO. The molecule has 1 N–H and O–H groups in total. The second-order valence-corrected chi connectivity index (χ2v) is 8.86. The fourth-order valence-corrected chi connectivity index (χ4v) is 6.10. The van der Waals surface area contributed by atoms with Gasteiger partial charge in [0.25, 0.3) is 0 Å². The van der Waals surface area contributed by atoms with Crippen LogP contribution in [0, 0.1) is 17.6 Å². The number of amides is 1. The average molecular weight is 431 g/mol. The third kappa shape index (κ3) is 3.44. The van der Waals surface area contributed by atoms with Crippen LogP contribution in [0.3, 0.4) is 0 Å². The van der Waals surface area contributed by atoms with Crippen molar-refractivity contribution >= 4 is 22.7 Å². The number of aliphatic hydroxyl groups is 1. The Labute approximate surface area is 179 Å². The van der Waals surface area contributed by atoms with Crippen molar-refractivity contribution in [2.45, 2.75) is 43.9 Å². The van der Waals surface area contributed by atoms with Gasteiger partial charge in [0, 0.05) is 18.6 Å². The molecule has 158 valence electrons. The normalized spacial score (nSPS) is 22.9. The molecular weight excluding hydrogens is 406 g/mol. The van der Waals surface area contributed by atoms with Crippen LogP contribution >= 0.6 is 11.8 Å². The van der Waals surface area contributed by atoms with E-state index in [4.69, 9.17) is 0 Å². The van der Waals surface area contributed by atoms with Crippen molar-refractivity contribution in [1.82, 2.24) is 5.01 Å². The number of rotatable bonds is 5. The van der Waals surface area contributed by atoms with Crippen LogP contribution in [-0.4, -0.2) is 27.7 Å². The highest BCUT2D eigenvalue weighted by Crippen LogP contribution is 2.57. The monoisotopic (exact) mass is 430 g/mol. The van der Waals surface area contributed by atoms with Gasteiger partial charge in [0.2, 0.25) is 5.91 Å². The number of hydrogen-bond donors (Lipinski definition) is 1. The van der Waals surface area contributed by atoms with Gasteiger partial charge >= 0.3 is 0 Å². The summed E-state index contributed by atoms with van der Waals surface area (Å²) in [5, 5.41) is 15.8. The number of nitrogens with zero attached hydrogens (tertiary/aromatic N) is 2. The van der Waals surface area contributed by atoms with E-state index in [1.54, 1.807) is 6.92 Å². The summed E-state index contributed by atoms with van der Waals surface area (Å²) in [6, 6.07) is 11.3. The third-order valence-corrected chi connectivity index (χ3v) is 7.42. The first kappa shape index (κ1) is 21.0. The van der Waals surface area contributed by atoms with Crippen LogP contribution in [0.2, 0.25) is 0 Å². The first-order valence-corrected chi connectivity index (χ1v) is 11.1. The van der Waals surface area contributed by atoms with E-state index in [-0.39, 0.29) is 30.4 Å². The smallest absolute Gasteiger partial charge is 0.244 e. The molecule has 2 unspecified atom stereocenters. The van der Waals surface area contributed by atoms with E-state index in [0.717, 1.165) is 42.2 Å². The van der Waals surface area contributed by atoms with E-state index < -0.39 is 16.5 Å². The first-order valence-electron chi connectivity index (χ1n) is 10.3. The highest BCUT2D eigenvalue weighted by molar-refractivity contribution is 8.15. The summed E-state index contributed by atoms with van der Waals surface area (Å²) in [7, 11) is 0. The Morgan fingerprint density at radius 2 is 2.10 bits per heavy atom. The zero-order chi connectivity index (χ0) is 21.3. The van der Waals surface area contributed by atoms with Crippen LogP contribution in [0.4, 0.5) is 8.78 Å². The maximum atomic E-state index is 14.6. The molecule has 1 aliphatic heterocycles. The minimum absolute atomic E-state index is 0.0259. The molecule has 2 aromatic carbocycles. The first-order chi connectivity index (χ1) is 14.5. The molecule has 0 bridgehead atoms. The van der Waals surface area contributed by atoms with Crippen molar-refractivity contribution in [3.63, 3.8) is 0 Å². The number of carbonyl (C=O) groups is 1. The van der Waals surface area contributed by atoms with Gasteiger partial charge in [-0.1, -0.05) is 43.0 Å². The molecule has 4 nitrogen and oxygen atoms in total. The Morgan fingerprint density at radius 1 is 1.30 bits per heavy atom. The van der Waals surface area contributed by atoms with E-state index in [1.165, 1.54) is 16.8 Å². The topological polar surface area (TPSA) is 52.9 Å². The zero-order valence-corrected chi connectivity index (χ0v) is 17.6. The summed E-state index contributed by atoms with van der Waals surface area (Å²) >= 11 is 1.33. The lowest BCUT2D eigenvalue weighted by Crippen LogP contribution is -2.49. The Kier molecular flexibility index (Phi) is 5.93. The minimum atomic E-state index is -0.828. The second-order valence-electron chi connectivity index (χ2n) is 7.65. The lowest BCUT2D eigenvalue weighted by molar-refractivity contribution is -0.136. The average Bonchev–Trinajstić information content (AvgIpc) is 3.15. The van der Waals surface area contributed by atoms with Gasteiger partial charge in [-0.25, -0.2) is 13.8 Å². The second kappa shape index (κ2) is 8.47. The minimum Gasteiger partial charge on any atom is -0.396 e. The molecular formula is C23H24F2N2O2S. The molecule has 1 spiro atoms. The number of carbonyl (C=O) groups excluding carboxylic acids is 1. The van der Waals surface area contributed by atoms with Crippen molar-refractivity contribution in [2.75, 3.05) is 6.61 Å². The molecule has 0 aromatic heterocycles. The maximum absolute atomic E-state index is 14.6. The van der Waals surface area contributed by atoms with Gasteiger partial charge in [-0.05, 0) is 60.9 Å². The van der Waals surface area contributed by atoms with Crippen LogP contribution in [0.15, 0.2) is 47.6 Å². The fourth-order valence-electron chi connectivity index (χ4n) is 4.47. The molecule has 0 saturated heterocycles. The van der Waals surface area contributed by atoms with Gasteiger partial charge in [-0.15, -0.1) is 0 Å². The number of hydrogen-bond acceptors (Lipinski definition) is 4. The van der Waals surface area contributed by atoms with Crippen LogP contribution < -0.4 is 0 Å². The van der Waals surface area contributed by atoms with Crippen molar-refractivity contribution < 1.29 is 18.7 Å². The highest BCUT2D eigenvalue weighted by Gasteiger charge is 2.55. The van der Waals surface area contributed by atoms with Gasteiger partial charge in [-0.3, -0.25) is 4.79 Å². The Morgan fingerprint density at radius 3 is 2.87 bits per heavy atom. The van der Waals surface area contributed by atoms with E-state index >= 15 is 0 Å². The van der Waals surface area contributed by atoms with Crippen molar-refractivity contribution in [3.05, 3.63) is 70.8 Å². The summed E-state index contributed by atoms with van der Waals surface area (Å²) in [4.78, 5) is 12.2. The predicted molar refractivity (Wildman–Crippen MR) is 114 cm³/mol. The summed E-state index contributed by atoms with van der Waals surface area (Å²) in [5.41, 5.74) is 2.19. The number of thioether (sulfide) groups is 1. The van der Waals surface area contributed by atoms with E-state index in [0.29, 0.717) is 17.9 Å². The fraction of sp³-hybridized carbons (Fsp3) is 0.391. The van der Waals surface area contributed by atoms with E-state index in [1.807, 2.05) is 18.2 Å². The van der Waals surface area contributed by atoms with Crippen LogP contribution in [0.5, 0.6) is 0 Å². The van der Waals surface area contributed by atoms with Crippen LogP contribution in [-0.2, 0) is 16.1 Å². The summed E-state index contributed by atoms with van der Waals surface area (Å²) in [5.74, 6) is -1.26. The Balaban J connectivity index is 1.88. The largest absolute Gasteiger partial charge is 0.396 e. The van der Waals surface area contributed by atoms with Crippen molar-refractivity contribution in [2.24, 2.45) is 11.0 Å².